The Kier molecular flexibility index (Phi) is 1.91. The number of nitrogen functional groups attached to an aromatic ring is 1. The molecule has 1 aromatic heterocycles. The van der Waals surface area contributed by atoms with Gasteiger partial charge in [0.1, 0.15) is 0 Å². The lowest BCUT2D eigenvalue weighted by Crippen LogP contribution is -1.99. The average Bonchev–Trinajstić information content (AvgIpc) is 1.88. The molecule has 10 heavy (non-hydrogen) atoms. The Labute approximate surface area is 63.4 Å². The van der Waals surface area contributed by atoms with Gasteiger partial charge in [-0.3, -0.25) is 0 Å². The largest absolute Gasteiger partial charge is 0.396 e. The lowest BCUT2D eigenvalue weighted by atomic mass is 10.4. The predicted molar refractivity (Wildman–Crippen MR) is 41.0 cm³/mol. The molecule has 0 amide bonds. The number of nitrogens with zero attached hydrogens (tertiary/aromatic N) is 2. The normalized spacial score (nSPS) is 9.40. The van der Waals surface area contributed by atoms with Crippen molar-refractivity contribution in [2.45, 2.75) is 0 Å². The number of nitrogens with two attached hydrogens (primary N) is 1. The van der Waals surface area contributed by atoms with Gasteiger partial charge in [0.2, 0.25) is 0 Å². The van der Waals surface area contributed by atoms with Gasteiger partial charge in [-0.25, -0.2) is 0 Å². The molecule has 0 radical (unpaired) electrons. The molecule has 54 valence electrons. The number of hydrogen-bond donors (Lipinski definition) is 2. The van der Waals surface area contributed by atoms with E-state index in [2.05, 4.69) is 15.5 Å². The first kappa shape index (κ1) is 7.08. The van der Waals surface area contributed by atoms with Crippen LogP contribution in [-0.4, -0.2) is 17.2 Å². The molecule has 0 saturated carbocycles. The minimum atomic E-state index is 0.302. The second-order valence-corrected chi connectivity index (χ2v) is 2.11. The molecule has 0 aliphatic carbocycles. The third kappa shape index (κ3) is 1.27. The van der Waals surface area contributed by atoms with Gasteiger partial charge in [-0.1, -0.05) is 11.6 Å². The Bertz CT molecular complexity index is 237. The van der Waals surface area contributed by atoms with E-state index in [1.54, 1.807) is 13.1 Å². The maximum absolute atomic E-state index is 5.49. The molecule has 0 aromatic carbocycles. The maximum Gasteiger partial charge on any atom is 0.171 e. The summed E-state index contributed by atoms with van der Waals surface area (Å²) in [7, 11) is 1.72. The van der Waals surface area contributed by atoms with Crippen molar-refractivity contribution in [3.63, 3.8) is 0 Å². The van der Waals surface area contributed by atoms with Crippen LogP contribution in [0.25, 0.3) is 0 Å². The summed E-state index contributed by atoms with van der Waals surface area (Å²) < 4.78 is 0. The maximum atomic E-state index is 5.49. The lowest BCUT2D eigenvalue weighted by Gasteiger charge is -2.00. The lowest BCUT2D eigenvalue weighted by molar-refractivity contribution is 1.03. The Morgan fingerprint density at radius 1 is 1.60 bits per heavy atom. The number of anilines is 2. The minimum absolute atomic E-state index is 0.302. The van der Waals surface area contributed by atoms with Gasteiger partial charge in [0.05, 0.1) is 5.69 Å². The van der Waals surface area contributed by atoms with E-state index in [4.69, 9.17) is 17.3 Å². The topological polar surface area (TPSA) is 63.8 Å². The SMILES string of the molecule is CNc1nnc(Cl)cc1N. The first-order valence-electron chi connectivity index (χ1n) is 2.70. The van der Waals surface area contributed by atoms with Crippen molar-refractivity contribution in [2.24, 2.45) is 0 Å². The van der Waals surface area contributed by atoms with Gasteiger partial charge in [0.25, 0.3) is 0 Å². The van der Waals surface area contributed by atoms with Crippen molar-refractivity contribution in [3.8, 4) is 0 Å². The fraction of sp³-hybridized carbons (Fsp3) is 0.200. The van der Waals surface area contributed by atoms with Crippen molar-refractivity contribution < 1.29 is 0 Å². The Hall–Kier alpha value is -1.03. The average molecular weight is 159 g/mol. The number of nitrogens with one attached hydrogen (secondary N) is 1. The molecule has 0 saturated heterocycles. The number of aromatic nitrogens is 2. The van der Waals surface area contributed by atoms with Crippen molar-refractivity contribution in [1.29, 1.82) is 0 Å². The van der Waals surface area contributed by atoms with Gasteiger partial charge < -0.3 is 11.1 Å². The van der Waals surface area contributed by atoms with E-state index in [9.17, 15) is 0 Å². The summed E-state index contributed by atoms with van der Waals surface area (Å²) in [4.78, 5) is 0. The zero-order valence-corrected chi connectivity index (χ0v) is 6.18. The second kappa shape index (κ2) is 2.70. The van der Waals surface area contributed by atoms with E-state index in [1.807, 2.05) is 0 Å². The molecule has 0 bridgehead atoms. The predicted octanol–water partition coefficient (Wildman–Crippen LogP) is 0.754. The van der Waals surface area contributed by atoms with E-state index in [0.717, 1.165) is 0 Å². The van der Waals surface area contributed by atoms with Crippen molar-refractivity contribution in [3.05, 3.63) is 11.2 Å². The summed E-state index contributed by atoms with van der Waals surface area (Å²) in [6.07, 6.45) is 0. The molecule has 0 unspecified atom stereocenters. The summed E-state index contributed by atoms with van der Waals surface area (Å²) in [5, 5.41) is 10.3. The Morgan fingerprint density at radius 2 is 2.30 bits per heavy atom. The number of rotatable bonds is 1. The standard InChI is InChI=1S/C5H7ClN4/c1-8-5-3(7)2-4(6)9-10-5/h2H,1H3,(H2,7,9)(H,8,10). The third-order valence-electron chi connectivity index (χ3n) is 1.03. The zero-order chi connectivity index (χ0) is 7.56. The summed E-state index contributed by atoms with van der Waals surface area (Å²) in [6, 6.07) is 1.54. The molecule has 1 rings (SSSR count). The molecule has 5 heteroatoms. The van der Waals surface area contributed by atoms with E-state index < -0.39 is 0 Å². The highest BCUT2D eigenvalue weighted by molar-refractivity contribution is 6.29. The van der Waals surface area contributed by atoms with Crippen LogP contribution < -0.4 is 11.1 Å². The van der Waals surface area contributed by atoms with Crippen LogP contribution in [0.3, 0.4) is 0 Å². The molecule has 1 aromatic rings. The molecule has 0 aliphatic heterocycles. The second-order valence-electron chi connectivity index (χ2n) is 1.72. The van der Waals surface area contributed by atoms with E-state index in [0.29, 0.717) is 16.7 Å². The van der Waals surface area contributed by atoms with Gasteiger partial charge in [0.15, 0.2) is 11.0 Å². The molecule has 0 spiro atoms. The van der Waals surface area contributed by atoms with Crippen LogP contribution in [0.4, 0.5) is 11.5 Å². The van der Waals surface area contributed by atoms with Gasteiger partial charge in [0, 0.05) is 13.1 Å². The fourth-order valence-electron chi connectivity index (χ4n) is 0.575. The van der Waals surface area contributed by atoms with Crippen LogP contribution in [0, 0.1) is 0 Å². The van der Waals surface area contributed by atoms with Gasteiger partial charge in [-0.15, -0.1) is 10.2 Å². The molecule has 4 nitrogen and oxygen atoms in total. The van der Waals surface area contributed by atoms with E-state index >= 15 is 0 Å². The Morgan fingerprint density at radius 3 is 2.80 bits per heavy atom. The monoisotopic (exact) mass is 158 g/mol. The molecular weight excluding hydrogens is 152 g/mol. The molecule has 1 heterocycles. The van der Waals surface area contributed by atoms with Crippen LogP contribution in [-0.2, 0) is 0 Å². The van der Waals surface area contributed by atoms with Crippen molar-refractivity contribution >= 4 is 23.1 Å². The van der Waals surface area contributed by atoms with E-state index in [1.165, 1.54) is 0 Å². The number of hydrogen-bond acceptors (Lipinski definition) is 4. The van der Waals surface area contributed by atoms with E-state index in [-0.39, 0.29) is 0 Å². The smallest absolute Gasteiger partial charge is 0.171 e. The van der Waals surface area contributed by atoms with Crippen molar-refractivity contribution in [2.75, 3.05) is 18.1 Å². The fourth-order valence-corrected chi connectivity index (χ4v) is 0.731. The minimum Gasteiger partial charge on any atom is -0.396 e. The summed E-state index contributed by atoms with van der Waals surface area (Å²) in [6.45, 7) is 0. The summed E-state index contributed by atoms with van der Waals surface area (Å²) in [5.74, 6) is 0.546. The molecule has 0 atom stereocenters. The van der Waals surface area contributed by atoms with Gasteiger partial charge in [-0.05, 0) is 0 Å². The van der Waals surface area contributed by atoms with Crippen LogP contribution in [0.2, 0.25) is 5.15 Å². The number of halogens is 1. The molecule has 0 fully saturated rings. The quantitative estimate of drug-likeness (QED) is 0.633. The highest BCUT2D eigenvalue weighted by Crippen LogP contribution is 2.15. The highest BCUT2D eigenvalue weighted by atomic mass is 35.5. The van der Waals surface area contributed by atoms with Gasteiger partial charge >= 0.3 is 0 Å². The van der Waals surface area contributed by atoms with Gasteiger partial charge in [-0.2, -0.15) is 0 Å². The zero-order valence-electron chi connectivity index (χ0n) is 5.43. The first-order chi connectivity index (χ1) is 4.74. The summed E-state index contributed by atoms with van der Waals surface area (Å²) in [5.41, 5.74) is 5.98. The highest BCUT2D eigenvalue weighted by Gasteiger charge is 1.98. The van der Waals surface area contributed by atoms with Crippen LogP contribution in [0.5, 0.6) is 0 Å². The molecule has 0 aliphatic rings. The van der Waals surface area contributed by atoms with Crippen LogP contribution in [0.15, 0.2) is 6.07 Å². The molecule has 3 N–H and O–H groups in total. The van der Waals surface area contributed by atoms with Crippen LogP contribution >= 0.6 is 11.6 Å². The first-order valence-corrected chi connectivity index (χ1v) is 3.08. The van der Waals surface area contributed by atoms with Crippen LogP contribution in [0.1, 0.15) is 0 Å². The van der Waals surface area contributed by atoms with Crippen molar-refractivity contribution in [1.82, 2.24) is 10.2 Å². The summed E-state index contributed by atoms with van der Waals surface area (Å²) >= 11 is 5.49. The molecular formula is C5H7ClN4. The third-order valence-corrected chi connectivity index (χ3v) is 1.22. The Balaban J connectivity index is 3.07.